The lowest BCUT2D eigenvalue weighted by Gasteiger charge is -2.35. The molecule has 114 valence electrons. The van der Waals surface area contributed by atoms with E-state index in [-0.39, 0.29) is 12.8 Å². The molecule has 2 N–H and O–H groups in total. The highest BCUT2D eigenvalue weighted by Crippen LogP contribution is 2.35. The number of nitrogens with one attached hydrogen (secondary N) is 1. The Morgan fingerprint density at radius 2 is 1.76 bits per heavy atom. The van der Waals surface area contributed by atoms with Gasteiger partial charge in [0.2, 0.25) is 0 Å². The number of hydrogen-bond acceptors (Lipinski definition) is 4. The Morgan fingerprint density at radius 1 is 1.24 bits per heavy atom. The molecule has 1 aliphatic carbocycles. The van der Waals surface area contributed by atoms with Gasteiger partial charge in [0, 0.05) is 0 Å². The first-order chi connectivity index (χ1) is 9.85. The van der Waals surface area contributed by atoms with E-state index in [2.05, 4.69) is 5.32 Å². The van der Waals surface area contributed by atoms with Crippen LogP contribution in [0.4, 0.5) is 20.2 Å². The highest BCUT2D eigenvalue weighted by Gasteiger charge is 2.41. The summed E-state index contributed by atoms with van der Waals surface area (Å²) in [6, 6.07) is 1.15. The lowest BCUT2D eigenvalue weighted by Crippen LogP contribution is -2.48. The summed E-state index contributed by atoms with van der Waals surface area (Å²) in [4.78, 5) is 21.1. The molecule has 8 heteroatoms. The van der Waals surface area contributed by atoms with Crippen LogP contribution in [0.3, 0.4) is 0 Å². The third-order valence-electron chi connectivity index (χ3n) is 3.72. The maximum absolute atomic E-state index is 13.9. The van der Waals surface area contributed by atoms with Gasteiger partial charge in [0.25, 0.3) is 5.69 Å². The molecule has 1 aliphatic rings. The third kappa shape index (κ3) is 2.93. The van der Waals surface area contributed by atoms with E-state index < -0.39 is 39.4 Å². The molecular weight excluding hydrogens is 286 g/mol. The molecule has 0 heterocycles. The van der Waals surface area contributed by atoms with Gasteiger partial charge < -0.3 is 10.4 Å². The Morgan fingerprint density at radius 3 is 2.19 bits per heavy atom. The van der Waals surface area contributed by atoms with Gasteiger partial charge in [0.1, 0.15) is 11.2 Å². The summed E-state index contributed by atoms with van der Waals surface area (Å²) in [5.74, 6) is -3.53. The standard InChI is InChI=1S/C13H14F2N2O4/c14-9-6-8(17(20)21)7-10(15)11(9)16-13(12(18)19)4-2-1-3-5-13/h6-7,16H,1-5H2,(H,18,19). The predicted octanol–water partition coefficient (Wildman–Crippen LogP) is 3.07. The number of non-ortho nitro benzene ring substituents is 1. The summed E-state index contributed by atoms with van der Waals surface area (Å²) in [5.41, 5.74) is -2.79. The minimum atomic E-state index is -1.43. The van der Waals surface area contributed by atoms with Gasteiger partial charge in [-0.2, -0.15) is 0 Å². The van der Waals surface area contributed by atoms with E-state index in [1.807, 2.05) is 0 Å². The number of carboxylic acid groups (broad SMARTS) is 1. The lowest BCUT2D eigenvalue weighted by atomic mass is 9.81. The second-order valence-electron chi connectivity index (χ2n) is 5.11. The second kappa shape index (κ2) is 5.63. The van der Waals surface area contributed by atoms with Crippen molar-refractivity contribution in [2.24, 2.45) is 0 Å². The summed E-state index contributed by atoms with van der Waals surface area (Å²) < 4.78 is 27.7. The molecule has 6 nitrogen and oxygen atoms in total. The van der Waals surface area contributed by atoms with Crippen LogP contribution in [-0.4, -0.2) is 21.5 Å². The zero-order valence-corrected chi connectivity index (χ0v) is 11.1. The van der Waals surface area contributed by atoms with E-state index in [1.165, 1.54) is 0 Å². The summed E-state index contributed by atoms with van der Waals surface area (Å²) in [7, 11) is 0. The smallest absolute Gasteiger partial charge is 0.329 e. The number of anilines is 1. The normalized spacial score (nSPS) is 17.2. The van der Waals surface area contributed by atoms with Crippen LogP contribution in [0.25, 0.3) is 0 Å². The fourth-order valence-electron chi connectivity index (χ4n) is 2.57. The Kier molecular flexibility index (Phi) is 4.06. The SMILES string of the molecule is O=C(O)C1(Nc2c(F)cc([N+](=O)[O-])cc2F)CCCCC1. The van der Waals surface area contributed by atoms with Gasteiger partial charge in [-0.1, -0.05) is 19.3 Å². The fourth-order valence-corrected chi connectivity index (χ4v) is 2.57. The molecule has 0 spiro atoms. The molecule has 0 aliphatic heterocycles. The number of nitro benzene ring substituents is 1. The highest BCUT2D eigenvalue weighted by molar-refractivity contribution is 5.83. The maximum atomic E-state index is 13.9. The van der Waals surface area contributed by atoms with E-state index >= 15 is 0 Å². The summed E-state index contributed by atoms with van der Waals surface area (Å²) in [6.45, 7) is 0. The topological polar surface area (TPSA) is 92.5 Å². The molecule has 1 fully saturated rings. The van der Waals surface area contributed by atoms with Crippen molar-refractivity contribution in [2.75, 3.05) is 5.32 Å². The van der Waals surface area contributed by atoms with Crippen molar-refractivity contribution < 1.29 is 23.6 Å². The molecule has 0 atom stereocenters. The molecule has 0 aromatic heterocycles. The second-order valence-corrected chi connectivity index (χ2v) is 5.11. The van der Waals surface area contributed by atoms with E-state index in [4.69, 9.17) is 0 Å². The number of nitro groups is 1. The molecule has 0 amide bonds. The van der Waals surface area contributed by atoms with Crippen molar-refractivity contribution in [1.29, 1.82) is 0 Å². The monoisotopic (exact) mass is 300 g/mol. The largest absolute Gasteiger partial charge is 0.480 e. The number of carbonyl (C=O) groups is 1. The third-order valence-corrected chi connectivity index (χ3v) is 3.72. The molecule has 21 heavy (non-hydrogen) atoms. The van der Waals surface area contributed by atoms with Crippen LogP contribution in [0.2, 0.25) is 0 Å². The van der Waals surface area contributed by atoms with Crippen LogP contribution >= 0.6 is 0 Å². The van der Waals surface area contributed by atoms with Gasteiger partial charge in [-0.15, -0.1) is 0 Å². The molecule has 1 aromatic rings. The number of aliphatic carboxylic acids is 1. The number of halogens is 2. The summed E-state index contributed by atoms with van der Waals surface area (Å²) in [6.07, 6.45) is 2.63. The molecule has 0 bridgehead atoms. The van der Waals surface area contributed by atoms with E-state index in [0.29, 0.717) is 25.0 Å². The van der Waals surface area contributed by atoms with Crippen LogP contribution in [0.1, 0.15) is 32.1 Å². The predicted molar refractivity (Wildman–Crippen MR) is 70.1 cm³/mol. The van der Waals surface area contributed by atoms with Crippen molar-refractivity contribution >= 4 is 17.3 Å². The molecule has 1 aromatic carbocycles. The van der Waals surface area contributed by atoms with Gasteiger partial charge in [0.05, 0.1) is 17.1 Å². The lowest BCUT2D eigenvalue weighted by molar-refractivity contribution is -0.385. The van der Waals surface area contributed by atoms with Gasteiger partial charge in [-0.05, 0) is 12.8 Å². The Labute approximate surface area is 118 Å². The number of carboxylic acids is 1. The average molecular weight is 300 g/mol. The number of hydrogen-bond donors (Lipinski definition) is 2. The van der Waals surface area contributed by atoms with Crippen LogP contribution in [0, 0.1) is 21.7 Å². The Bertz CT molecular complexity index is 563. The first-order valence-electron chi connectivity index (χ1n) is 6.51. The zero-order chi connectivity index (χ0) is 15.6. The fraction of sp³-hybridized carbons (Fsp3) is 0.462. The quantitative estimate of drug-likeness (QED) is 0.658. The van der Waals surface area contributed by atoms with Crippen molar-refractivity contribution in [3.05, 3.63) is 33.9 Å². The zero-order valence-electron chi connectivity index (χ0n) is 11.1. The van der Waals surface area contributed by atoms with Gasteiger partial charge in [-0.25, -0.2) is 13.6 Å². The van der Waals surface area contributed by atoms with Crippen molar-refractivity contribution in [3.8, 4) is 0 Å². The summed E-state index contributed by atoms with van der Waals surface area (Å²) >= 11 is 0. The maximum Gasteiger partial charge on any atom is 0.329 e. The van der Waals surface area contributed by atoms with Crippen LogP contribution in [0.15, 0.2) is 12.1 Å². The van der Waals surface area contributed by atoms with Crippen molar-refractivity contribution in [3.63, 3.8) is 0 Å². The minimum absolute atomic E-state index is 0.248. The summed E-state index contributed by atoms with van der Waals surface area (Å²) in [5, 5.41) is 22.3. The van der Waals surface area contributed by atoms with Crippen LogP contribution < -0.4 is 5.32 Å². The first kappa shape index (κ1) is 15.1. The molecule has 1 saturated carbocycles. The molecule has 0 unspecified atom stereocenters. The average Bonchev–Trinajstić information content (AvgIpc) is 2.43. The Hall–Kier alpha value is -2.25. The molecule has 2 rings (SSSR count). The van der Waals surface area contributed by atoms with Crippen LogP contribution in [-0.2, 0) is 4.79 Å². The molecule has 0 radical (unpaired) electrons. The molecule has 0 saturated heterocycles. The minimum Gasteiger partial charge on any atom is -0.480 e. The van der Waals surface area contributed by atoms with E-state index in [1.54, 1.807) is 0 Å². The number of nitrogens with zero attached hydrogens (tertiary/aromatic N) is 1. The van der Waals surface area contributed by atoms with Gasteiger partial charge >= 0.3 is 5.97 Å². The highest BCUT2D eigenvalue weighted by atomic mass is 19.1. The van der Waals surface area contributed by atoms with E-state index in [0.717, 1.165) is 6.42 Å². The van der Waals surface area contributed by atoms with Crippen molar-refractivity contribution in [1.82, 2.24) is 0 Å². The van der Waals surface area contributed by atoms with Crippen molar-refractivity contribution in [2.45, 2.75) is 37.6 Å². The Balaban J connectivity index is 2.37. The number of rotatable bonds is 4. The molecular formula is C13H14F2N2O4. The van der Waals surface area contributed by atoms with E-state index in [9.17, 15) is 28.8 Å². The number of benzene rings is 1. The first-order valence-corrected chi connectivity index (χ1v) is 6.51. The van der Waals surface area contributed by atoms with Gasteiger partial charge in [0.15, 0.2) is 11.6 Å². The van der Waals surface area contributed by atoms with Gasteiger partial charge in [-0.3, -0.25) is 10.1 Å². The van der Waals surface area contributed by atoms with Crippen LogP contribution in [0.5, 0.6) is 0 Å².